The third-order valence-corrected chi connectivity index (χ3v) is 3.77. The number of thiophene rings is 1. The molecule has 0 fully saturated rings. The molecule has 0 atom stereocenters. The fourth-order valence-electron chi connectivity index (χ4n) is 2.11. The van der Waals surface area contributed by atoms with Crippen LogP contribution in [0.25, 0.3) is 0 Å². The second-order valence-electron chi connectivity index (χ2n) is 4.51. The Bertz CT molecular complexity index is 400. The van der Waals surface area contributed by atoms with Crippen LogP contribution < -0.4 is 5.32 Å². The maximum Gasteiger partial charge on any atom is 0.240 e. The van der Waals surface area contributed by atoms with Gasteiger partial charge >= 0.3 is 0 Å². The standard InChI is InChI=1S/C14H20N2OS/c1-3-6-14(11-15,7-4-2)13(17)16-9-12-5-8-18-10-12/h5,8,10H,3-4,6-7,9H2,1-2H3,(H,16,17). The molecule has 4 heteroatoms. The average molecular weight is 264 g/mol. The van der Waals surface area contributed by atoms with Crippen LogP contribution in [-0.4, -0.2) is 5.91 Å². The topological polar surface area (TPSA) is 52.9 Å². The molecule has 0 unspecified atom stereocenters. The zero-order valence-corrected chi connectivity index (χ0v) is 11.8. The lowest BCUT2D eigenvalue weighted by Crippen LogP contribution is -2.39. The van der Waals surface area contributed by atoms with Crippen LogP contribution in [0, 0.1) is 16.7 Å². The summed E-state index contributed by atoms with van der Waals surface area (Å²) in [6.45, 7) is 4.53. The van der Waals surface area contributed by atoms with Gasteiger partial charge in [0.15, 0.2) is 0 Å². The lowest BCUT2D eigenvalue weighted by atomic mass is 9.80. The van der Waals surface area contributed by atoms with Gasteiger partial charge in [-0.1, -0.05) is 26.7 Å². The van der Waals surface area contributed by atoms with Crippen molar-refractivity contribution in [2.24, 2.45) is 5.41 Å². The quantitative estimate of drug-likeness (QED) is 0.819. The van der Waals surface area contributed by atoms with E-state index in [1.807, 2.05) is 30.7 Å². The highest BCUT2D eigenvalue weighted by Gasteiger charge is 2.36. The molecule has 1 N–H and O–H groups in total. The second-order valence-corrected chi connectivity index (χ2v) is 5.29. The van der Waals surface area contributed by atoms with Crippen molar-refractivity contribution in [3.8, 4) is 6.07 Å². The molecule has 1 amide bonds. The molecular weight excluding hydrogens is 244 g/mol. The molecule has 0 aliphatic rings. The van der Waals surface area contributed by atoms with E-state index in [1.54, 1.807) is 11.3 Å². The summed E-state index contributed by atoms with van der Waals surface area (Å²) in [5, 5.41) is 16.2. The molecule has 0 aliphatic heterocycles. The van der Waals surface area contributed by atoms with Crippen molar-refractivity contribution in [1.29, 1.82) is 5.26 Å². The minimum Gasteiger partial charge on any atom is -0.351 e. The molecule has 0 bridgehead atoms. The van der Waals surface area contributed by atoms with Crippen molar-refractivity contribution in [2.45, 2.75) is 46.1 Å². The molecular formula is C14H20N2OS. The highest BCUT2D eigenvalue weighted by molar-refractivity contribution is 7.07. The van der Waals surface area contributed by atoms with Crippen molar-refractivity contribution in [2.75, 3.05) is 0 Å². The van der Waals surface area contributed by atoms with Crippen LogP contribution in [0.1, 0.15) is 45.1 Å². The van der Waals surface area contributed by atoms with Gasteiger partial charge in [-0.3, -0.25) is 4.79 Å². The fraction of sp³-hybridized carbons (Fsp3) is 0.571. The molecule has 3 nitrogen and oxygen atoms in total. The Hall–Kier alpha value is -1.34. The number of carbonyl (C=O) groups is 1. The zero-order valence-electron chi connectivity index (χ0n) is 11.0. The van der Waals surface area contributed by atoms with Crippen LogP contribution >= 0.6 is 11.3 Å². The highest BCUT2D eigenvalue weighted by atomic mass is 32.1. The largest absolute Gasteiger partial charge is 0.351 e. The predicted molar refractivity (Wildman–Crippen MR) is 74.0 cm³/mol. The third-order valence-electron chi connectivity index (χ3n) is 3.04. The van der Waals surface area contributed by atoms with Crippen LogP contribution in [0.3, 0.4) is 0 Å². The molecule has 0 radical (unpaired) electrons. The lowest BCUT2D eigenvalue weighted by molar-refractivity contribution is -0.129. The molecule has 1 heterocycles. The minimum atomic E-state index is -0.848. The number of nitrogens with zero attached hydrogens (tertiary/aromatic N) is 1. The number of hydrogen-bond donors (Lipinski definition) is 1. The van der Waals surface area contributed by atoms with E-state index in [-0.39, 0.29) is 5.91 Å². The van der Waals surface area contributed by atoms with Crippen molar-refractivity contribution in [3.63, 3.8) is 0 Å². The maximum absolute atomic E-state index is 12.2. The van der Waals surface area contributed by atoms with E-state index in [0.717, 1.165) is 18.4 Å². The van der Waals surface area contributed by atoms with Crippen molar-refractivity contribution < 1.29 is 4.79 Å². The molecule has 0 spiro atoms. The summed E-state index contributed by atoms with van der Waals surface area (Å²) in [6, 6.07) is 4.22. The Morgan fingerprint density at radius 2 is 2.11 bits per heavy atom. The Kier molecular flexibility index (Phi) is 5.87. The monoisotopic (exact) mass is 264 g/mol. The number of rotatable bonds is 7. The van der Waals surface area contributed by atoms with Gasteiger partial charge in [0.2, 0.25) is 5.91 Å². The Morgan fingerprint density at radius 3 is 2.56 bits per heavy atom. The molecule has 18 heavy (non-hydrogen) atoms. The molecule has 1 aromatic heterocycles. The first-order chi connectivity index (χ1) is 8.68. The van der Waals surface area contributed by atoms with E-state index in [1.165, 1.54) is 0 Å². The van der Waals surface area contributed by atoms with E-state index in [4.69, 9.17) is 0 Å². The Labute approximate surface area is 113 Å². The summed E-state index contributed by atoms with van der Waals surface area (Å²) >= 11 is 1.61. The van der Waals surface area contributed by atoms with Gasteiger partial charge < -0.3 is 5.32 Å². The number of carbonyl (C=O) groups excluding carboxylic acids is 1. The Morgan fingerprint density at radius 1 is 1.44 bits per heavy atom. The van der Waals surface area contributed by atoms with E-state index >= 15 is 0 Å². The third kappa shape index (κ3) is 3.58. The average Bonchev–Trinajstić information content (AvgIpc) is 2.88. The van der Waals surface area contributed by atoms with Crippen molar-refractivity contribution >= 4 is 17.2 Å². The number of nitrogens with one attached hydrogen (secondary N) is 1. The van der Waals surface area contributed by atoms with Gasteiger partial charge in [-0.25, -0.2) is 0 Å². The van der Waals surface area contributed by atoms with Gasteiger partial charge in [-0.15, -0.1) is 0 Å². The molecule has 1 aromatic rings. The van der Waals surface area contributed by atoms with Crippen LogP contribution in [0.2, 0.25) is 0 Å². The van der Waals surface area contributed by atoms with Crippen LogP contribution in [0.5, 0.6) is 0 Å². The first kappa shape index (κ1) is 14.7. The predicted octanol–water partition coefficient (Wildman–Crippen LogP) is 3.47. The van der Waals surface area contributed by atoms with Crippen molar-refractivity contribution in [3.05, 3.63) is 22.4 Å². The first-order valence-electron chi connectivity index (χ1n) is 6.39. The number of nitriles is 1. The number of amides is 1. The van der Waals surface area contributed by atoms with Gasteiger partial charge in [0.1, 0.15) is 5.41 Å². The summed E-state index contributed by atoms with van der Waals surface area (Å²) in [6.07, 6.45) is 2.96. The normalized spacial score (nSPS) is 10.9. The minimum absolute atomic E-state index is 0.125. The molecule has 98 valence electrons. The summed E-state index contributed by atoms with van der Waals surface area (Å²) in [5.74, 6) is -0.125. The van der Waals surface area contributed by atoms with Crippen molar-refractivity contribution in [1.82, 2.24) is 5.32 Å². The summed E-state index contributed by atoms with van der Waals surface area (Å²) in [7, 11) is 0. The van der Waals surface area contributed by atoms with Gasteiger partial charge in [0, 0.05) is 6.54 Å². The van der Waals surface area contributed by atoms with Gasteiger partial charge in [0.25, 0.3) is 0 Å². The SMILES string of the molecule is CCCC(C#N)(CCC)C(=O)NCc1ccsc1. The smallest absolute Gasteiger partial charge is 0.240 e. The summed E-state index contributed by atoms with van der Waals surface area (Å²) in [5.41, 5.74) is 0.243. The summed E-state index contributed by atoms with van der Waals surface area (Å²) in [4.78, 5) is 12.2. The van der Waals surface area contributed by atoms with E-state index in [2.05, 4.69) is 11.4 Å². The van der Waals surface area contributed by atoms with Crippen LogP contribution in [-0.2, 0) is 11.3 Å². The van der Waals surface area contributed by atoms with E-state index in [0.29, 0.717) is 19.4 Å². The van der Waals surface area contributed by atoms with Gasteiger partial charge in [-0.05, 0) is 35.2 Å². The highest BCUT2D eigenvalue weighted by Crippen LogP contribution is 2.29. The van der Waals surface area contributed by atoms with Crippen LogP contribution in [0.15, 0.2) is 16.8 Å². The maximum atomic E-state index is 12.2. The zero-order chi connectivity index (χ0) is 13.4. The van der Waals surface area contributed by atoms with Gasteiger partial charge in [0.05, 0.1) is 6.07 Å². The molecule has 0 saturated heterocycles. The Balaban J connectivity index is 2.67. The molecule has 0 aliphatic carbocycles. The molecule has 1 rings (SSSR count). The van der Waals surface area contributed by atoms with Gasteiger partial charge in [-0.2, -0.15) is 16.6 Å². The fourth-order valence-corrected chi connectivity index (χ4v) is 2.78. The van der Waals surface area contributed by atoms with Crippen LogP contribution in [0.4, 0.5) is 0 Å². The first-order valence-corrected chi connectivity index (χ1v) is 7.33. The van der Waals surface area contributed by atoms with E-state index < -0.39 is 5.41 Å². The van der Waals surface area contributed by atoms with E-state index in [9.17, 15) is 10.1 Å². The lowest BCUT2D eigenvalue weighted by Gasteiger charge is -2.24. The number of hydrogen-bond acceptors (Lipinski definition) is 3. The summed E-state index contributed by atoms with van der Waals surface area (Å²) < 4.78 is 0. The second kappa shape index (κ2) is 7.17. The molecule has 0 saturated carbocycles. The molecule has 0 aromatic carbocycles.